The summed E-state index contributed by atoms with van der Waals surface area (Å²) in [5, 5.41) is 0. The molecular weight excluding hydrogens is 236 g/mol. The topological polar surface area (TPSA) is 26.3 Å². The molecule has 114 valence electrons. The van der Waals surface area contributed by atoms with Crippen LogP contribution < -0.4 is 0 Å². The fourth-order valence-electron chi connectivity index (χ4n) is 1.99. The first kappa shape index (κ1) is 18.6. The molecule has 0 spiro atoms. The van der Waals surface area contributed by atoms with E-state index in [0.29, 0.717) is 11.7 Å². The van der Waals surface area contributed by atoms with Crippen LogP contribution >= 0.6 is 0 Å². The Morgan fingerprint density at radius 3 is 1.89 bits per heavy atom. The molecule has 0 aliphatic rings. The molecule has 2 nitrogen and oxygen atoms in total. The van der Waals surface area contributed by atoms with Gasteiger partial charge in [-0.15, -0.1) is 0 Å². The Hall–Kier alpha value is -0.370. The molecule has 0 aromatic heterocycles. The maximum Gasteiger partial charge on any atom is 0.135 e. The Kier molecular flexibility index (Phi) is 12.4. The molecule has 0 fully saturated rings. The van der Waals surface area contributed by atoms with Crippen molar-refractivity contribution in [1.82, 2.24) is 0 Å². The van der Waals surface area contributed by atoms with Gasteiger partial charge in [0.25, 0.3) is 0 Å². The van der Waals surface area contributed by atoms with E-state index in [1.54, 1.807) is 0 Å². The van der Waals surface area contributed by atoms with E-state index < -0.39 is 0 Å². The lowest BCUT2D eigenvalue weighted by Crippen LogP contribution is -2.05. The maximum absolute atomic E-state index is 11.4. The third-order valence-electron chi connectivity index (χ3n) is 3.31. The lowest BCUT2D eigenvalue weighted by molar-refractivity contribution is -0.122. The summed E-state index contributed by atoms with van der Waals surface area (Å²) in [6, 6.07) is 0. The van der Waals surface area contributed by atoms with E-state index in [2.05, 4.69) is 13.8 Å². The van der Waals surface area contributed by atoms with E-state index in [4.69, 9.17) is 4.74 Å². The van der Waals surface area contributed by atoms with E-state index in [1.165, 1.54) is 38.5 Å². The van der Waals surface area contributed by atoms with Gasteiger partial charge in [-0.05, 0) is 18.8 Å². The highest BCUT2D eigenvalue weighted by molar-refractivity contribution is 5.80. The summed E-state index contributed by atoms with van der Waals surface area (Å²) >= 11 is 0. The van der Waals surface area contributed by atoms with Gasteiger partial charge in [-0.25, -0.2) is 0 Å². The first-order chi connectivity index (χ1) is 9.04. The lowest BCUT2D eigenvalue weighted by atomic mass is 10.0. The van der Waals surface area contributed by atoms with Crippen LogP contribution in [0, 0.1) is 11.8 Å². The zero-order valence-electron chi connectivity index (χ0n) is 13.5. The minimum absolute atomic E-state index is 0.214. The Balaban J connectivity index is 3.09. The fourth-order valence-corrected chi connectivity index (χ4v) is 1.99. The number of Topliss-reactive ketones (excluding diaryl/α,β-unsaturated/α-hetero) is 1. The quantitative estimate of drug-likeness (QED) is 0.440. The predicted octanol–water partition coefficient (Wildman–Crippen LogP) is 5.00. The van der Waals surface area contributed by atoms with Gasteiger partial charge in [0.2, 0.25) is 0 Å². The van der Waals surface area contributed by atoms with Crippen LogP contribution in [-0.4, -0.2) is 19.0 Å². The summed E-state index contributed by atoms with van der Waals surface area (Å²) < 4.78 is 5.55. The third-order valence-corrected chi connectivity index (χ3v) is 3.31. The van der Waals surface area contributed by atoms with E-state index in [-0.39, 0.29) is 5.92 Å². The molecule has 0 bridgehead atoms. The molecule has 0 rings (SSSR count). The van der Waals surface area contributed by atoms with Crippen LogP contribution in [-0.2, 0) is 9.53 Å². The van der Waals surface area contributed by atoms with Gasteiger partial charge < -0.3 is 4.74 Å². The van der Waals surface area contributed by atoms with Crippen molar-refractivity contribution >= 4 is 5.78 Å². The molecule has 0 aliphatic heterocycles. The number of carbonyl (C=O) groups excluding carboxylic acids is 1. The first-order valence-electron chi connectivity index (χ1n) is 8.14. The van der Waals surface area contributed by atoms with Crippen molar-refractivity contribution in [2.45, 2.75) is 79.1 Å². The van der Waals surface area contributed by atoms with Crippen LogP contribution in [0.4, 0.5) is 0 Å². The van der Waals surface area contributed by atoms with Crippen molar-refractivity contribution in [2.75, 3.05) is 13.2 Å². The summed E-state index contributed by atoms with van der Waals surface area (Å²) in [5.74, 6) is 1.28. The molecule has 0 radical (unpaired) electrons. The molecule has 0 aromatic carbocycles. The Morgan fingerprint density at radius 1 is 0.842 bits per heavy atom. The SMILES string of the molecule is CC(C)COCCCCCCCCCC(=O)C(C)C. The number of ether oxygens (including phenoxy) is 1. The highest BCUT2D eigenvalue weighted by atomic mass is 16.5. The molecular formula is C17H34O2. The van der Waals surface area contributed by atoms with Gasteiger partial charge in [0.1, 0.15) is 5.78 Å². The molecule has 0 heterocycles. The van der Waals surface area contributed by atoms with Crippen molar-refractivity contribution < 1.29 is 9.53 Å². The van der Waals surface area contributed by atoms with Crippen LogP contribution in [0.15, 0.2) is 0 Å². The van der Waals surface area contributed by atoms with Gasteiger partial charge >= 0.3 is 0 Å². The highest BCUT2D eigenvalue weighted by Crippen LogP contribution is 2.10. The van der Waals surface area contributed by atoms with Gasteiger partial charge in [0, 0.05) is 25.6 Å². The molecule has 0 unspecified atom stereocenters. The number of unbranched alkanes of at least 4 members (excludes halogenated alkanes) is 6. The minimum Gasteiger partial charge on any atom is -0.381 e. The van der Waals surface area contributed by atoms with E-state index in [9.17, 15) is 4.79 Å². The second kappa shape index (κ2) is 12.7. The van der Waals surface area contributed by atoms with E-state index in [0.717, 1.165) is 26.1 Å². The Morgan fingerprint density at radius 2 is 1.37 bits per heavy atom. The number of hydrogen-bond donors (Lipinski definition) is 0. The molecule has 0 aliphatic carbocycles. The van der Waals surface area contributed by atoms with Crippen LogP contribution in [0.1, 0.15) is 79.1 Å². The van der Waals surface area contributed by atoms with Gasteiger partial charge in [0.05, 0.1) is 0 Å². The molecule has 0 saturated carbocycles. The normalized spacial score (nSPS) is 11.5. The van der Waals surface area contributed by atoms with Crippen LogP contribution in [0.2, 0.25) is 0 Å². The number of ketones is 1. The van der Waals surface area contributed by atoms with Crippen molar-refractivity contribution in [2.24, 2.45) is 11.8 Å². The van der Waals surface area contributed by atoms with Crippen molar-refractivity contribution in [3.05, 3.63) is 0 Å². The van der Waals surface area contributed by atoms with Crippen LogP contribution in [0.25, 0.3) is 0 Å². The second-order valence-corrected chi connectivity index (χ2v) is 6.31. The van der Waals surface area contributed by atoms with Crippen molar-refractivity contribution in [3.8, 4) is 0 Å². The first-order valence-corrected chi connectivity index (χ1v) is 8.14. The predicted molar refractivity (Wildman–Crippen MR) is 82.4 cm³/mol. The van der Waals surface area contributed by atoms with Gasteiger partial charge in [-0.1, -0.05) is 59.8 Å². The van der Waals surface area contributed by atoms with Crippen LogP contribution in [0.5, 0.6) is 0 Å². The third kappa shape index (κ3) is 13.9. The second-order valence-electron chi connectivity index (χ2n) is 6.31. The number of carbonyl (C=O) groups is 1. The van der Waals surface area contributed by atoms with Gasteiger partial charge in [-0.3, -0.25) is 4.79 Å². The van der Waals surface area contributed by atoms with Gasteiger partial charge in [0.15, 0.2) is 0 Å². The fraction of sp³-hybridized carbons (Fsp3) is 0.941. The monoisotopic (exact) mass is 270 g/mol. The molecule has 2 heteroatoms. The average Bonchev–Trinajstić information content (AvgIpc) is 2.35. The number of rotatable bonds is 13. The summed E-state index contributed by atoms with van der Waals surface area (Å²) in [5.41, 5.74) is 0. The standard InChI is InChI=1S/C17H34O2/c1-15(2)14-19-13-11-9-7-5-6-8-10-12-17(18)16(3)4/h15-16H,5-14H2,1-4H3. The summed E-state index contributed by atoms with van der Waals surface area (Å²) in [7, 11) is 0. The molecule has 0 amide bonds. The zero-order chi connectivity index (χ0) is 14.5. The maximum atomic E-state index is 11.4. The number of hydrogen-bond acceptors (Lipinski definition) is 2. The summed E-state index contributed by atoms with van der Waals surface area (Å²) in [4.78, 5) is 11.4. The summed E-state index contributed by atoms with van der Waals surface area (Å²) in [6.45, 7) is 10.2. The van der Waals surface area contributed by atoms with Crippen molar-refractivity contribution in [1.29, 1.82) is 0 Å². The molecule has 0 saturated heterocycles. The van der Waals surface area contributed by atoms with Crippen molar-refractivity contribution in [3.63, 3.8) is 0 Å². The van der Waals surface area contributed by atoms with Crippen LogP contribution in [0.3, 0.4) is 0 Å². The average molecular weight is 270 g/mol. The largest absolute Gasteiger partial charge is 0.381 e. The molecule has 0 aromatic rings. The molecule has 19 heavy (non-hydrogen) atoms. The highest BCUT2D eigenvalue weighted by Gasteiger charge is 2.05. The molecule has 0 atom stereocenters. The lowest BCUT2D eigenvalue weighted by Gasteiger charge is -2.06. The van der Waals surface area contributed by atoms with Gasteiger partial charge in [-0.2, -0.15) is 0 Å². The Labute approximate surface area is 120 Å². The van der Waals surface area contributed by atoms with E-state index >= 15 is 0 Å². The smallest absolute Gasteiger partial charge is 0.135 e. The summed E-state index contributed by atoms with van der Waals surface area (Å²) in [6.07, 6.45) is 9.43. The Bertz CT molecular complexity index is 209. The molecule has 0 N–H and O–H groups in total. The van der Waals surface area contributed by atoms with E-state index in [1.807, 2.05) is 13.8 Å². The zero-order valence-corrected chi connectivity index (χ0v) is 13.5. The minimum atomic E-state index is 0.214.